The lowest BCUT2D eigenvalue weighted by Gasteiger charge is -2.34. The van der Waals surface area contributed by atoms with Crippen LogP contribution in [0.2, 0.25) is 6.32 Å². The van der Waals surface area contributed by atoms with Gasteiger partial charge in [-0.2, -0.15) is 5.26 Å². The maximum absolute atomic E-state index is 8.78. The maximum atomic E-state index is 8.78. The summed E-state index contributed by atoms with van der Waals surface area (Å²) in [4.78, 5) is 0. The van der Waals surface area contributed by atoms with Crippen molar-refractivity contribution in [3.8, 4) is 6.07 Å². The average Bonchev–Trinajstić information content (AvgIpc) is 2.48. The van der Waals surface area contributed by atoms with E-state index in [0.717, 1.165) is 6.32 Å². The van der Waals surface area contributed by atoms with E-state index >= 15 is 0 Å². The molecule has 1 saturated heterocycles. The number of hydrogen-bond donors (Lipinski definition) is 0. The van der Waals surface area contributed by atoms with Crippen LogP contribution in [0.15, 0.2) is 24.3 Å². The van der Waals surface area contributed by atoms with Crippen molar-refractivity contribution in [2.24, 2.45) is 5.41 Å². The van der Waals surface area contributed by atoms with E-state index in [1.807, 2.05) is 24.3 Å². The molecule has 0 aromatic heterocycles. The molecule has 0 N–H and O–H groups in total. The minimum absolute atomic E-state index is 0.106. The molecule has 0 saturated carbocycles. The molecule has 0 radical (unpaired) electrons. The Kier molecular flexibility index (Phi) is 2.79. The number of nitriles is 1. The zero-order chi connectivity index (χ0) is 12.7. The molecular weight excluding hydrogens is 209 g/mol. The Morgan fingerprint density at radius 2 is 1.76 bits per heavy atom. The van der Waals surface area contributed by atoms with Gasteiger partial charge in [0.05, 0.1) is 17.2 Å². The summed E-state index contributed by atoms with van der Waals surface area (Å²) in [5.41, 5.74) is 1.94. The molecule has 0 aliphatic carbocycles. The normalized spacial score (nSPS) is 21.2. The lowest BCUT2D eigenvalue weighted by Crippen LogP contribution is -2.36. The third kappa shape index (κ3) is 2.10. The van der Waals surface area contributed by atoms with Crippen LogP contribution in [0.4, 0.5) is 0 Å². The fraction of sp³-hybridized carbons (Fsp3) is 0.500. The fourth-order valence-corrected chi connectivity index (χ4v) is 2.22. The predicted molar refractivity (Wildman–Crippen MR) is 70.3 cm³/mol. The second-order valence-corrected chi connectivity index (χ2v) is 5.94. The molecule has 0 amide bonds. The standard InChI is InChI=1S/C14H18BNO/c1-13(2)10-15(17-14(13,3)4)12-7-5-11(9-16)6-8-12/h5-8H,10H2,1-4H3. The molecular formula is C14H18BNO. The van der Waals surface area contributed by atoms with Gasteiger partial charge in [0, 0.05) is 0 Å². The summed E-state index contributed by atoms with van der Waals surface area (Å²) in [7, 11) is 0. The topological polar surface area (TPSA) is 33.0 Å². The molecule has 1 aliphatic heterocycles. The van der Waals surface area contributed by atoms with Crippen molar-refractivity contribution in [2.45, 2.75) is 39.6 Å². The van der Waals surface area contributed by atoms with E-state index in [1.165, 1.54) is 5.46 Å². The largest absolute Gasteiger partial charge is 0.426 e. The van der Waals surface area contributed by atoms with Crippen molar-refractivity contribution in [3.63, 3.8) is 0 Å². The van der Waals surface area contributed by atoms with E-state index in [4.69, 9.17) is 9.92 Å². The molecule has 2 rings (SSSR count). The van der Waals surface area contributed by atoms with Crippen LogP contribution >= 0.6 is 0 Å². The van der Waals surface area contributed by atoms with Crippen molar-refractivity contribution >= 4 is 12.4 Å². The molecule has 3 heteroatoms. The third-order valence-corrected chi connectivity index (χ3v) is 4.17. The van der Waals surface area contributed by atoms with E-state index in [1.54, 1.807) is 0 Å². The van der Waals surface area contributed by atoms with Crippen LogP contribution in [0.25, 0.3) is 0 Å². The van der Waals surface area contributed by atoms with E-state index in [0.29, 0.717) is 5.56 Å². The quantitative estimate of drug-likeness (QED) is 0.691. The van der Waals surface area contributed by atoms with Gasteiger partial charge < -0.3 is 4.65 Å². The van der Waals surface area contributed by atoms with Gasteiger partial charge in [0.25, 0.3) is 0 Å². The van der Waals surface area contributed by atoms with Crippen molar-refractivity contribution in [2.75, 3.05) is 0 Å². The van der Waals surface area contributed by atoms with E-state index in [-0.39, 0.29) is 17.9 Å². The first kappa shape index (κ1) is 12.2. The maximum Gasteiger partial charge on any atom is 0.327 e. The Morgan fingerprint density at radius 3 is 2.18 bits per heavy atom. The Labute approximate surface area is 104 Å². The van der Waals surface area contributed by atoms with E-state index in [9.17, 15) is 0 Å². The zero-order valence-corrected chi connectivity index (χ0v) is 10.9. The molecule has 1 aromatic rings. The van der Waals surface area contributed by atoms with Gasteiger partial charge in [0.2, 0.25) is 0 Å². The molecule has 17 heavy (non-hydrogen) atoms. The molecule has 88 valence electrons. The van der Waals surface area contributed by atoms with Gasteiger partial charge in [-0.25, -0.2) is 0 Å². The van der Waals surface area contributed by atoms with Crippen LogP contribution in [0, 0.1) is 16.7 Å². The molecule has 1 heterocycles. The van der Waals surface area contributed by atoms with Crippen LogP contribution in [0.1, 0.15) is 33.3 Å². The van der Waals surface area contributed by atoms with Crippen LogP contribution in [-0.2, 0) is 4.65 Å². The highest BCUT2D eigenvalue weighted by Gasteiger charge is 2.49. The Balaban J connectivity index is 2.23. The highest BCUT2D eigenvalue weighted by molar-refractivity contribution is 6.68. The summed E-state index contributed by atoms with van der Waals surface area (Å²) >= 11 is 0. The second-order valence-electron chi connectivity index (χ2n) is 5.94. The third-order valence-electron chi connectivity index (χ3n) is 4.17. The van der Waals surface area contributed by atoms with Gasteiger partial charge in [0.15, 0.2) is 0 Å². The highest BCUT2D eigenvalue weighted by atomic mass is 16.5. The molecule has 1 aromatic carbocycles. The molecule has 1 fully saturated rings. The molecule has 0 bridgehead atoms. The lowest BCUT2D eigenvalue weighted by atomic mass is 9.54. The molecule has 0 atom stereocenters. The Morgan fingerprint density at radius 1 is 1.18 bits per heavy atom. The summed E-state index contributed by atoms with van der Waals surface area (Å²) in [6.07, 6.45) is 1.02. The minimum Gasteiger partial charge on any atom is -0.426 e. The van der Waals surface area contributed by atoms with E-state index < -0.39 is 0 Å². The van der Waals surface area contributed by atoms with Crippen LogP contribution in [-0.4, -0.2) is 12.5 Å². The molecule has 2 nitrogen and oxygen atoms in total. The summed E-state index contributed by atoms with van der Waals surface area (Å²) in [5.74, 6) is 0. The van der Waals surface area contributed by atoms with Gasteiger partial charge in [-0.05, 0) is 43.2 Å². The van der Waals surface area contributed by atoms with Crippen molar-refractivity contribution in [1.29, 1.82) is 5.26 Å². The SMILES string of the molecule is CC1(C)CB(c2ccc(C#N)cc2)OC1(C)C. The van der Waals surface area contributed by atoms with Gasteiger partial charge in [0.1, 0.15) is 0 Å². The van der Waals surface area contributed by atoms with Gasteiger partial charge >= 0.3 is 6.92 Å². The average molecular weight is 227 g/mol. The van der Waals surface area contributed by atoms with Crippen molar-refractivity contribution in [1.82, 2.24) is 0 Å². The first-order valence-electron chi connectivity index (χ1n) is 6.04. The monoisotopic (exact) mass is 227 g/mol. The van der Waals surface area contributed by atoms with Gasteiger partial charge in [-0.1, -0.05) is 26.0 Å². The van der Waals surface area contributed by atoms with Gasteiger partial charge in [-0.3, -0.25) is 0 Å². The summed E-state index contributed by atoms with van der Waals surface area (Å²) < 4.78 is 6.14. The van der Waals surface area contributed by atoms with Gasteiger partial charge in [-0.15, -0.1) is 0 Å². The summed E-state index contributed by atoms with van der Waals surface area (Å²) in [6.45, 7) is 8.94. The fourth-order valence-electron chi connectivity index (χ4n) is 2.22. The van der Waals surface area contributed by atoms with Crippen molar-refractivity contribution in [3.05, 3.63) is 29.8 Å². The zero-order valence-electron chi connectivity index (χ0n) is 10.9. The summed E-state index contributed by atoms with van der Waals surface area (Å²) in [5, 5.41) is 8.78. The predicted octanol–water partition coefficient (Wildman–Crippen LogP) is 2.59. The Bertz CT molecular complexity index is 440. The van der Waals surface area contributed by atoms with Crippen LogP contribution < -0.4 is 5.46 Å². The first-order chi connectivity index (χ1) is 7.86. The molecule has 0 spiro atoms. The first-order valence-corrected chi connectivity index (χ1v) is 6.04. The Hall–Kier alpha value is -1.27. The second kappa shape index (κ2) is 3.89. The molecule has 0 unspecified atom stereocenters. The van der Waals surface area contributed by atoms with E-state index in [2.05, 4.69) is 33.8 Å². The molecule has 1 aliphatic rings. The number of nitrogens with zero attached hydrogens (tertiary/aromatic N) is 1. The highest BCUT2D eigenvalue weighted by Crippen LogP contribution is 2.44. The number of hydrogen-bond acceptors (Lipinski definition) is 2. The van der Waals surface area contributed by atoms with Crippen molar-refractivity contribution < 1.29 is 4.65 Å². The smallest absolute Gasteiger partial charge is 0.327 e. The summed E-state index contributed by atoms with van der Waals surface area (Å²) in [6, 6.07) is 9.85. The van der Waals surface area contributed by atoms with Crippen LogP contribution in [0.5, 0.6) is 0 Å². The number of rotatable bonds is 1. The number of benzene rings is 1. The minimum atomic E-state index is -0.106. The lowest BCUT2D eigenvalue weighted by molar-refractivity contribution is 0.0375. The van der Waals surface area contributed by atoms with Crippen LogP contribution in [0.3, 0.4) is 0 Å².